The number of hydrogen-bond acceptors (Lipinski definition) is 8. The minimum atomic E-state index is -1.62. The fraction of sp³-hybridized carbons (Fsp3) is 0.932. The molecule has 0 aromatic rings. The predicted molar refractivity (Wildman–Crippen MR) is 348 cm³/mol. The summed E-state index contributed by atoms with van der Waals surface area (Å²) >= 11 is 0. The summed E-state index contributed by atoms with van der Waals surface area (Å²) in [6.45, 7) is 4.84. The summed E-state index contributed by atoms with van der Waals surface area (Å²) in [4.78, 5) is 37.5. The van der Waals surface area contributed by atoms with Crippen LogP contribution < -0.4 is 5.11 Å². The summed E-state index contributed by atoms with van der Waals surface area (Å²) in [7, 11) is 5.95. The van der Waals surface area contributed by atoms with Gasteiger partial charge in [-0.05, 0) is 38.5 Å². The standard InChI is InChI=1S/C73H141NO8/c1-6-8-10-12-14-16-18-20-22-24-26-28-30-32-33-34-35-36-37-38-39-40-42-44-46-48-50-52-54-56-58-60-62-64-71(76)82-69(68-81-73(72(77)78)79-66-65-74(3,4)5)67-80-70(75)63-61-59-57-55-53-51-49-47-45-43-41-31-29-27-25-23-21-19-17-15-13-11-9-7-2/h24,26,69,73H,6-23,25,27-68H2,1-5H3/b26-24-. The number of unbranched alkanes of at least 4 members (excludes halogenated alkanes) is 52. The first-order valence-corrected chi connectivity index (χ1v) is 36.3. The van der Waals surface area contributed by atoms with Crippen molar-refractivity contribution in [3.63, 3.8) is 0 Å². The van der Waals surface area contributed by atoms with E-state index in [-0.39, 0.29) is 32.2 Å². The monoisotopic (exact) mass is 1160 g/mol. The van der Waals surface area contributed by atoms with Gasteiger partial charge in [-0.3, -0.25) is 9.59 Å². The lowest BCUT2D eigenvalue weighted by molar-refractivity contribution is -0.870. The van der Waals surface area contributed by atoms with E-state index in [9.17, 15) is 19.5 Å². The van der Waals surface area contributed by atoms with E-state index in [4.69, 9.17) is 18.9 Å². The highest BCUT2D eigenvalue weighted by atomic mass is 16.7. The number of allylic oxidation sites excluding steroid dienone is 2. The topological polar surface area (TPSA) is 111 Å². The third kappa shape index (κ3) is 65.6. The van der Waals surface area contributed by atoms with Crippen LogP contribution >= 0.6 is 0 Å². The molecular weight excluding hydrogens is 1020 g/mol. The van der Waals surface area contributed by atoms with Gasteiger partial charge in [0.05, 0.1) is 40.3 Å². The second-order valence-electron chi connectivity index (χ2n) is 26.2. The highest BCUT2D eigenvalue weighted by Crippen LogP contribution is 2.19. The lowest BCUT2D eigenvalue weighted by Crippen LogP contribution is -2.44. The SMILES string of the molecule is CCCCCCCCCC/C=C\CCCCCCCCCCCCCCCCCCCCCCCC(=O)OC(COC(=O)CCCCCCCCCCCCCCCCCCCCCCCCCC)COC(OCC[N+](C)(C)C)C(=O)[O-]. The van der Waals surface area contributed by atoms with Crippen molar-refractivity contribution in [2.45, 2.75) is 392 Å². The Morgan fingerprint density at radius 3 is 0.902 bits per heavy atom. The third-order valence-electron chi connectivity index (χ3n) is 16.8. The van der Waals surface area contributed by atoms with Gasteiger partial charge in [-0.25, -0.2) is 0 Å². The normalized spacial score (nSPS) is 12.6. The molecule has 0 amide bonds. The van der Waals surface area contributed by atoms with Gasteiger partial charge in [-0.2, -0.15) is 0 Å². The molecule has 0 saturated carbocycles. The average molecular weight is 1160 g/mol. The lowest BCUT2D eigenvalue weighted by Gasteiger charge is -2.26. The molecule has 0 rings (SSSR count). The van der Waals surface area contributed by atoms with E-state index in [0.717, 1.165) is 38.5 Å². The number of carbonyl (C=O) groups excluding carboxylic acids is 3. The molecule has 486 valence electrons. The van der Waals surface area contributed by atoms with Crippen molar-refractivity contribution in [3.05, 3.63) is 12.2 Å². The van der Waals surface area contributed by atoms with Crippen molar-refractivity contribution < 1.29 is 42.9 Å². The van der Waals surface area contributed by atoms with Gasteiger partial charge >= 0.3 is 11.9 Å². The first-order chi connectivity index (χ1) is 40.1. The first-order valence-electron chi connectivity index (χ1n) is 36.3. The molecule has 0 aliphatic heterocycles. The van der Waals surface area contributed by atoms with Gasteiger partial charge in [-0.15, -0.1) is 0 Å². The maximum atomic E-state index is 12.9. The minimum Gasteiger partial charge on any atom is -0.545 e. The van der Waals surface area contributed by atoms with E-state index in [1.54, 1.807) is 0 Å². The maximum Gasteiger partial charge on any atom is 0.306 e. The summed E-state index contributed by atoms with van der Waals surface area (Å²) in [6.07, 6.45) is 76.0. The second kappa shape index (κ2) is 65.0. The van der Waals surface area contributed by atoms with Gasteiger partial charge in [-0.1, -0.05) is 341 Å². The molecule has 0 spiro atoms. The van der Waals surface area contributed by atoms with E-state index in [1.165, 1.54) is 315 Å². The summed E-state index contributed by atoms with van der Waals surface area (Å²) in [5.41, 5.74) is 0. The lowest BCUT2D eigenvalue weighted by atomic mass is 10.0. The Bertz CT molecular complexity index is 1350. The van der Waals surface area contributed by atoms with Crippen molar-refractivity contribution >= 4 is 17.9 Å². The third-order valence-corrected chi connectivity index (χ3v) is 16.8. The molecular formula is C73H141NO8. The molecule has 2 atom stereocenters. The number of rotatable bonds is 69. The highest BCUT2D eigenvalue weighted by molar-refractivity contribution is 5.70. The Morgan fingerprint density at radius 2 is 0.622 bits per heavy atom. The van der Waals surface area contributed by atoms with Crippen LogP contribution in [0.4, 0.5) is 0 Å². The minimum absolute atomic E-state index is 0.153. The summed E-state index contributed by atoms with van der Waals surface area (Å²) in [5, 5.41) is 11.8. The van der Waals surface area contributed by atoms with Gasteiger partial charge in [0, 0.05) is 12.8 Å². The number of carboxylic acids is 1. The number of quaternary nitrogens is 1. The molecule has 0 aromatic heterocycles. The van der Waals surface area contributed by atoms with E-state index in [2.05, 4.69) is 26.0 Å². The summed E-state index contributed by atoms with van der Waals surface area (Å²) < 4.78 is 22.8. The van der Waals surface area contributed by atoms with Gasteiger partial charge in [0.2, 0.25) is 0 Å². The molecule has 0 fully saturated rings. The molecule has 0 aliphatic rings. The van der Waals surface area contributed by atoms with Crippen molar-refractivity contribution in [2.75, 3.05) is 47.5 Å². The van der Waals surface area contributed by atoms with Gasteiger partial charge in [0.25, 0.3) is 0 Å². The number of carbonyl (C=O) groups is 3. The van der Waals surface area contributed by atoms with Crippen LogP contribution in [0.2, 0.25) is 0 Å². The van der Waals surface area contributed by atoms with Crippen LogP contribution in [0.5, 0.6) is 0 Å². The fourth-order valence-corrected chi connectivity index (χ4v) is 11.2. The van der Waals surface area contributed by atoms with E-state index < -0.39 is 24.3 Å². The number of likely N-dealkylation sites (N-methyl/N-ethyl adjacent to an activating group) is 1. The van der Waals surface area contributed by atoms with E-state index in [1.807, 2.05) is 21.1 Å². The van der Waals surface area contributed by atoms with E-state index in [0.29, 0.717) is 17.4 Å². The van der Waals surface area contributed by atoms with Gasteiger partial charge in [0.15, 0.2) is 12.4 Å². The number of ether oxygens (including phenoxy) is 4. The molecule has 0 bridgehead atoms. The summed E-state index contributed by atoms with van der Waals surface area (Å²) in [5.74, 6) is -2.25. The van der Waals surface area contributed by atoms with Crippen LogP contribution in [0.3, 0.4) is 0 Å². The maximum absolute atomic E-state index is 12.9. The van der Waals surface area contributed by atoms with Crippen LogP contribution in [0, 0.1) is 0 Å². The van der Waals surface area contributed by atoms with Crippen LogP contribution in [-0.2, 0) is 33.3 Å². The molecule has 0 aliphatic carbocycles. The average Bonchev–Trinajstić information content (AvgIpc) is 3.45. The Kier molecular flexibility index (Phi) is 63.5. The molecule has 0 heterocycles. The molecule has 2 unspecified atom stereocenters. The number of aliphatic carboxylic acids is 1. The van der Waals surface area contributed by atoms with Crippen LogP contribution in [0.25, 0.3) is 0 Å². The molecule has 9 nitrogen and oxygen atoms in total. The fourth-order valence-electron chi connectivity index (χ4n) is 11.2. The number of esters is 2. The molecule has 0 N–H and O–H groups in total. The van der Waals surface area contributed by atoms with Crippen molar-refractivity contribution in [1.82, 2.24) is 0 Å². The van der Waals surface area contributed by atoms with Gasteiger partial charge in [0.1, 0.15) is 13.2 Å². The van der Waals surface area contributed by atoms with Crippen molar-refractivity contribution in [3.8, 4) is 0 Å². The molecule has 0 aromatic carbocycles. The molecule has 9 heteroatoms. The number of hydrogen-bond donors (Lipinski definition) is 0. The van der Waals surface area contributed by atoms with Crippen LogP contribution in [0.1, 0.15) is 380 Å². The Hall–Kier alpha value is -1.97. The zero-order chi connectivity index (χ0) is 59.8. The number of carboxylic acid groups (broad SMARTS) is 1. The predicted octanol–water partition coefficient (Wildman–Crippen LogP) is 21.1. The van der Waals surface area contributed by atoms with Crippen molar-refractivity contribution in [1.29, 1.82) is 0 Å². The van der Waals surface area contributed by atoms with E-state index >= 15 is 0 Å². The molecule has 0 saturated heterocycles. The van der Waals surface area contributed by atoms with Crippen LogP contribution in [0.15, 0.2) is 12.2 Å². The number of nitrogens with zero attached hydrogens (tertiary/aromatic N) is 1. The molecule has 0 radical (unpaired) electrons. The first kappa shape index (κ1) is 80.0. The highest BCUT2D eigenvalue weighted by Gasteiger charge is 2.22. The second-order valence-corrected chi connectivity index (χ2v) is 26.2. The molecule has 82 heavy (non-hydrogen) atoms. The smallest absolute Gasteiger partial charge is 0.306 e. The zero-order valence-corrected chi connectivity index (χ0v) is 55.7. The Balaban J connectivity index is 4.01. The van der Waals surface area contributed by atoms with Crippen LogP contribution in [-0.4, -0.2) is 82.3 Å². The quantitative estimate of drug-likeness (QED) is 0.0195. The van der Waals surface area contributed by atoms with Crippen molar-refractivity contribution in [2.24, 2.45) is 0 Å². The Labute approximate surface area is 510 Å². The Morgan fingerprint density at radius 1 is 0.354 bits per heavy atom. The summed E-state index contributed by atoms with van der Waals surface area (Å²) in [6, 6.07) is 0. The largest absolute Gasteiger partial charge is 0.545 e. The van der Waals surface area contributed by atoms with Gasteiger partial charge < -0.3 is 33.3 Å². The zero-order valence-electron chi connectivity index (χ0n) is 55.7.